The molecular weight excluding hydrogens is 304 g/mol. The maximum absolute atomic E-state index is 4.40. The van der Waals surface area contributed by atoms with Crippen LogP contribution in [0, 0.1) is 6.92 Å². The third-order valence-electron chi connectivity index (χ3n) is 4.40. The van der Waals surface area contributed by atoms with Crippen LogP contribution >= 0.6 is 0 Å². The van der Waals surface area contributed by atoms with E-state index in [1.807, 2.05) is 32.3 Å². The van der Waals surface area contributed by atoms with Crippen LogP contribution in [0.2, 0.25) is 0 Å². The lowest BCUT2D eigenvalue weighted by Crippen LogP contribution is -2.42. The average Bonchev–Trinajstić information content (AvgIpc) is 2.98. The number of nitrogens with one attached hydrogen (secondary N) is 1. The first-order valence-electron chi connectivity index (χ1n) is 8.15. The fourth-order valence-electron chi connectivity index (χ4n) is 3.13. The summed E-state index contributed by atoms with van der Waals surface area (Å²) in [6.45, 7) is 3.83. The summed E-state index contributed by atoms with van der Waals surface area (Å²) in [6, 6.07) is 4.35. The highest BCUT2D eigenvalue weighted by molar-refractivity contribution is 5.86. The van der Waals surface area contributed by atoms with Crippen molar-refractivity contribution in [2.75, 3.05) is 23.3 Å². The molecule has 8 nitrogen and oxygen atoms in total. The molecule has 0 saturated carbocycles. The molecular formula is C16H20N8. The van der Waals surface area contributed by atoms with Gasteiger partial charge in [-0.2, -0.15) is 10.2 Å². The summed E-state index contributed by atoms with van der Waals surface area (Å²) in [5.74, 6) is 1.77. The first-order valence-corrected chi connectivity index (χ1v) is 8.15. The average molecular weight is 324 g/mol. The van der Waals surface area contributed by atoms with Gasteiger partial charge in [0.25, 0.3) is 0 Å². The van der Waals surface area contributed by atoms with Crippen molar-refractivity contribution in [2.45, 2.75) is 25.8 Å². The molecule has 3 aromatic heterocycles. The van der Waals surface area contributed by atoms with Crippen LogP contribution in [0.4, 0.5) is 11.6 Å². The largest absolute Gasteiger partial charge is 0.365 e. The second-order valence-corrected chi connectivity index (χ2v) is 6.19. The molecule has 8 heteroatoms. The van der Waals surface area contributed by atoms with E-state index in [2.05, 4.69) is 35.5 Å². The Labute approximate surface area is 139 Å². The molecule has 124 valence electrons. The molecule has 0 spiro atoms. The number of hydrogen-bond donors (Lipinski definition) is 1. The Morgan fingerprint density at radius 1 is 1.21 bits per heavy atom. The maximum Gasteiger partial charge on any atom is 0.163 e. The molecule has 24 heavy (non-hydrogen) atoms. The maximum atomic E-state index is 4.40. The van der Waals surface area contributed by atoms with Crippen LogP contribution in [-0.2, 0) is 7.05 Å². The molecule has 1 atom stereocenters. The van der Waals surface area contributed by atoms with Crippen LogP contribution in [0.3, 0.4) is 0 Å². The molecule has 0 aromatic carbocycles. The molecule has 0 unspecified atom stereocenters. The van der Waals surface area contributed by atoms with E-state index in [0.29, 0.717) is 6.04 Å². The van der Waals surface area contributed by atoms with Crippen molar-refractivity contribution in [2.24, 2.45) is 7.05 Å². The summed E-state index contributed by atoms with van der Waals surface area (Å²) in [7, 11) is 1.89. The first kappa shape index (κ1) is 14.8. The molecule has 0 bridgehead atoms. The van der Waals surface area contributed by atoms with Crippen LogP contribution in [0.15, 0.2) is 24.7 Å². The van der Waals surface area contributed by atoms with Gasteiger partial charge in [0.05, 0.1) is 17.3 Å². The molecule has 0 amide bonds. The lowest BCUT2D eigenvalue weighted by Gasteiger charge is -2.34. The number of nitrogens with zero attached hydrogens (tertiary/aromatic N) is 7. The predicted molar refractivity (Wildman–Crippen MR) is 91.9 cm³/mol. The van der Waals surface area contributed by atoms with E-state index in [-0.39, 0.29) is 0 Å². The van der Waals surface area contributed by atoms with Crippen molar-refractivity contribution in [1.82, 2.24) is 29.9 Å². The fraction of sp³-hybridized carbons (Fsp3) is 0.438. The Balaban J connectivity index is 1.53. The third-order valence-corrected chi connectivity index (χ3v) is 4.40. The first-order chi connectivity index (χ1) is 11.7. The van der Waals surface area contributed by atoms with E-state index in [1.54, 1.807) is 11.0 Å². The summed E-state index contributed by atoms with van der Waals surface area (Å²) in [6.07, 6.45) is 5.60. The number of aromatic nitrogens is 6. The zero-order chi connectivity index (χ0) is 16.5. The SMILES string of the molecule is Cc1ccc(N2CCC[C@@H](Nc3ncnc4c3cnn4C)C2)nn1. The van der Waals surface area contributed by atoms with Gasteiger partial charge in [0.1, 0.15) is 12.1 Å². The van der Waals surface area contributed by atoms with Crippen molar-refractivity contribution < 1.29 is 0 Å². The summed E-state index contributed by atoms with van der Waals surface area (Å²) in [5, 5.41) is 17.2. The van der Waals surface area contributed by atoms with Gasteiger partial charge in [0, 0.05) is 26.2 Å². The Kier molecular flexibility index (Phi) is 3.72. The lowest BCUT2D eigenvalue weighted by molar-refractivity contribution is 0.524. The van der Waals surface area contributed by atoms with Gasteiger partial charge in [0.15, 0.2) is 11.5 Å². The van der Waals surface area contributed by atoms with E-state index in [1.165, 1.54) is 0 Å². The topological polar surface area (TPSA) is 84.6 Å². The lowest BCUT2D eigenvalue weighted by atomic mass is 10.1. The van der Waals surface area contributed by atoms with Crippen molar-refractivity contribution in [3.8, 4) is 0 Å². The molecule has 1 fully saturated rings. The van der Waals surface area contributed by atoms with Gasteiger partial charge in [-0.05, 0) is 31.9 Å². The fourth-order valence-corrected chi connectivity index (χ4v) is 3.13. The highest BCUT2D eigenvalue weighted by Gasteiger charge is 2.22. The number of rotatable bonds is 3. The summed E-state index contributed by atoms with van der Waals surface area (Å²) in [5.41, 5.74) is 1.77. The van der Waals surface area contributed by atoms with Crippen LogP contribution < -0.4 is 10.2 Å². The van der Waals surface area contributed by atoms with Crippen LogP contribution in [-0.4, -0.2) is 49.1 Å². The van der Waals surface area contributed by atoms with Crippen molar-refractivity contribution in [1.29, 1.82) is 0 Å². The Bertz CT molecular complexity index is 841. The minimum Gasteiger partial charge on any atom is -0.365 e. The van der Waals surface area contributed by atoms with Crippen LogP contribution in [0.25, 0.3) is 11.0 Å². The predicted octanol–water partition coefficient (Wildman–Crippen LogP) is 1.54. The quantitative estimate of drug-likeness (QED) is 0.782. The molecule has 4 rings (SSSR count). The van der Waals surface area contributed by atoms with E-state index in [4.69, 9.17) is 0 Å². The number of aryl methyl sites for hydroxylation is 2. The van der Waals surface area contributed by atoms with Gasteiger partial charge in [0.2, 0.25) is 0 Å². The van der Waals surface area contributed by atoms with E-state index < -0.39 is 0 Å². The van der Waals surface area contributed by atoms with Gasteiger partial charge >= 0.3 is 0 Å². The van der Waals surface area contributed by atoms with E-state index in [9.17, 15) is 0 Å². The van der Waals surface area contributed by atoms with Crippen LogP contribution in [0.5, 0.6) is 0 Å². The normalized spacial score (nSPS) is 18.1. The molecule has 1 aliphatic heterocycles. The van der Waals surface area contributed by atoms with Crippen LogP contribution in [0.1, 0.15) is 18.5 Å². The number of piperidine rings is 1. The highest BCUT2D eigenvalue weighted by atomic mass is 15.3. The third kappa shape index (κ3) is 2.75. The monoisotopic (exact) mass is 324 g/mol. The Hall–Kier alpha value is -2.77. The summed E-state index contributed by atoms with van der Waals surface area (Å²) < 4.78 is 1.76. The Morgan fingerprint density at radius 2 is 2.12 bits per heavy atom. The smallest absolute Gasteiger partial charge is 0.163 e. The molecule has 1 N–H and O–H groups in total. The molecule has 3 aromatic rings. The van der Waals surface area contributed by atoms with Crippen molar-refractivity contribution in [3.63, 3.8) is 0 Å². The Morgan fingerprint density at radius 3 is 2.96 bits per heavy atom. The van der Waals surface area contributed by atoms with E-state index >= 15 is 0 Å². The molecule has 0 radical (unpaired) electrons. The summed E-state index contributed by atoms with van der Waals surface area (Å²) in [4.78, 5) is 11.0. The van der Waals surface area contributed by atoms with Gasteiger partial charge < -0.3 is 10.2 Å². The van der Waals surface area contributed by atoms with Crippen molar-refractivity contribution >= 4 is 22.7 Å². The molecule has 1 saturated heterocycles. The minimum atomic E-state index is 0.306. The molecule has 4 heterocycles. The van der Waals surface area contributed by atoms with Gasteiger partial charge in [-0.1, -0.05) is 0 Å². The highest BCUT2D eigenvalue weighted by Crippen LogP contribution is 2.23. The van der Waals surface area contributed by atoms with Gasteiger partial charge in [-0.15, -0.1) is 5.10 Å². The summed E-state index contributed by atoms with van der Waals surface area (Å²) >= 11 is 0. The second-order valence-electron chi connectivity index (χ2n) is 6.19. The zero-order valence-electron chi connectivity index (χ0n) is 13.8. The number of hydrogen-bond acceptors (Lipinski definition) is 7. The number of fused-ring (bicyclic) bond motifs is 1. The number of anilines is 2. The van der Waals surface area contributed by atoms with E-state index in [0.717, 1.165) is 54.3 Å². The van der Waals surface area contributed by atoms with Gasteiger partial charge in [-0.3, -0.25) is 4.68 Å². The van der Waals surface area contributed by atoms with Gasteiger partial charge in [-0.25, -0.2) is 9.97 Å². The minimum absolute atomic E-state index is 0.306. The molecule has 1 aliphatic rings. The standard InChI is InChI=1S/C16H20N8/c1-11-5-6-14(22-21-11)24-7-3-4-12(9-24)20-15-13-8-19-23(2)16(13)18-10-17-15/h5-6,8,10,12H,3-4,7,9H2,1-2H3,(H,17,18,20)/t12-/m1/s1. The van der Waals surface area contributed by atoms with Crippen molar-refractivity contribution in [3.05, 3.63) is 30.4 Å². The molecule has 0 aliphatic carbocycles. The second kappa shape index (κ2) is 6.03. The zero-order valence-corrected chi connectivity index (χ0v) is 13.8.